The van der Waals surface area contributed by atoms with Crippen LogP contribution in [0.3, 0.4) is 0 Å². The molecule has 0 saturated heterocycles. The molecule has 13 aromatic rings. The lowest BCUT2D eigenvalue weighted by atomic mass is 9.95. The minimum atomic E-state index is 1.09. The molecule has 72 heavy (non-hydrogen) atoms. The molecule has 0 saturated carbocycles. The Hall–Kier alpha value is -9.50. The monoisotopic (exact) mass is 916 g/mol. The van der Waals surface area contributed by atoms with Crippen molar-refractivity contribution in [3.63, 3.8) is 0 Å². The van der Waals surface area contributed by atoms with Crippen molar-refractivity contribution in [3.8, 4) is 72.4 Å². The Bertz CT molecular complexity index is 3940. The number of hydrogen-bond donors (Lipinski definition) is 0. The minimum absolute atomic E-state index is 1.09. The quantitative estimate of drug-likeness (QED) is 0.133. The minimum Gasteiger partial charge on any atom is -0.311 e. The molecule has 1 heterocycles. The fourth-order valence-corrected chi connectivity index (χ4v) is 10.8. The molecule has 0 radical (unpaired) electrons. The molecule has 0 spiro atoms. The highest BCUT2D eigenvalue weighted by Crippen LogP contribution is 2.45. The lowest BCUT2D eigenvalue weighted by Crippen LogP contribution is -2.09. The van der Waals surface area contributed by atoms with Crippen LogP contribution in [0.15, 0.2) is 291 Å². The largest absolute Gasteiger partial charge is 0.311 e. The zero-order chi connectivity index (χ0) is 47.8. The van der Waals surface area contributed by atoms with E-state index in [1.165, 1.54) is 82.6 Å². The van der Waals surface area contributed by atoms with E-state index in [4.69, 9.17) is 0 Å². The second kappa shape index (κ2) is 18.4. The van der Waals surface area contributed by atoms with Crippen LogP contribution in [0, 0.1) is 0 Å². The molecule has 338 valence electrons. The molecule has 0 aliphatic carbocycles. The zero-order valence-corrected chi connectivity index (χ0v) is 39.6. The van der Waals surface area contributed by atoms with Crippen LogP contribution in [0.25, 0.3) is 105 Å². The predicted octanol–water partition coefficient (Wildman–Crippen LogP) is 19.4. The number of nitrogens with zero attached hydrogens (tertiary/aromatic N) is 2. The highest BCUT2D eigenvalue weighted by molar-refractivity contribution is 6.20. The molecule has 0 amide bonds. The van der Waals surface area contributed by atoms with Crippen molar-refractivity contribution in [2.45, 2.75) is 0 Å². The molecule has 0 unspecified atom stereocenters. The van der Waals surface area contributed by atoms with Crippen LogP contribution in [0.5, 0.6) is 0 Å². The molecule has 12 aromatic carbocycles. The van der Waals surface area contributed by atoms with Gasteiger partial charge in [0.15, 0.2) is 0 Å². The predicted molar refractivity (Wildman–Crippen MR) is 306 cm³/mol. The van der Waals surface area contributed by atoms with Gasteiger partial charge in [-0.3, -0.25) is 0 Å². The summed E-state index contributed by atoms with van der Waals surface area (Å²) in [5, 5.41) is 4.96. The lowest BCUT2D eigenvalue weighted by molar-refractivity contribution is 1.18. The molecular formula is C70H48N2. The zero-order valence-electron chi connectivity index (χ0n) is 39.6. The van der Waals surface area contributed by atoms with E-state index in [0.717, 1.165) is 39.4 Å². The van der Waals surface area contributed by atoms with Crippen molar-refractivity contribution in [2.24, 2.45) is 0 Å². The number of hydrogen-bond acceptors (Lipinski definition) is 1. The maximum Gasteiger partial charge on any atom is 0.0620 e. The Balaban J connectivity index is 0.888. The SMILES string of the molecule is c1ccc(-c2ccc(N(c3ccc(-c4ccccc4)cc3)c3ccc(-c4ccc(-c5ccccc5-n5c6cccc(-c7ccccc7)c6c6cccc(-c7cccc8ccccc78)c65)cc4)cc3)cc2)cc1. The fourth-order valence-electron chi connectivity index (χ4n) is 10.8. The number of aromatic nitrogens is 1. The summed E-state index contributed by atoms with van der Waals surface area (Å²) in [6, 6.07) is 106. The standard InChI is InChI=1S/C70H48N2/c1-4-17-49(18-5-1)52-37-43-58(44-38-52)71(59-45-39-53(40-46-59)50-19-6-2-7-20-50)60-47-41-54(42-48-60)51-33-35-57(36-34-51)62-26-12-13-31-67(62)72-68-32-16-27-63(56-21-8-3-9-22-56)69(68)66-30-15-29-65(70(66)72)64-28-14-24-55-23-10-11-25-61(55)64/h1-48H. The molecule has 2 nitrogen and oxygen atoms in total. The summed E-state index contributed by atoms with van der Waals surface area (Å²) in [7, 11) is 0. The second-order valence-electron chi connectivity index (χ2n) is 18.4. The van der Waals surface area contributed by atoms with Crippen molar-refractivity contribution >= 4 is 49.6 Å². The molecule has 2 heteroatoms. The lowest BCUT2D eigenvalue weighted by Gasteiger charge is -2.26. The number of rotatable bonds is 10. The van der Waals surface area contributed by atoms with Crippen LogP contribution in [0.4, 0.5) is 17.1 Å². The van der Waals surface area contributed by atoms with Crippen LogP contribution in [0.1, 0.15) is 0 Å². The van der Waals surface area contributed by atoms with E-state index in [2.05, 4.69) is 301 Å². The maximum atomic E-state index is 2.52. The van der Waals surface area contributed by atoms with Crippen molar-refractivity contribution < 1.29 is 0 Å². The van der Waals surface area contributed by atoms with E-state index in [1.54, 1.807) is 0 Å². The van der Waals surface area contributed by atoms with Crippen molar-refractivity contribution in [1.82, 2.24) is 4.57 Å². The second-order valence-corrected chi connectivity index (χ2v) is 18.4. The van der Waals surface area contributed by atoms with Crippen molar-refractivity contribution in [1.29, 1.82) is 0 Å². The van der Waals surface area contributed by atoms with Crippen LogP contribution in [0.2, 0.25) is 0 Å². The summed E-state index contributed by atoms with van der Waals surface area (Å²) in [4.78, 5) is 2.34. The molecule has 0 aliphatic heterocycles. The summed E-state index contributed by atoms with van der Waals surface area (Å²) in [5.41, 5.74) is 21.1. The average Bonchev–Trinajstić information content (AvgIpc) is 3.81. The highest BCUT2D eigenvalue weighted by atomic mass is 15.1. The Morgan fingerprint density at radius 2 is 0.611 bits per heavy atom. The number of benzene rings is 12. The van der Waals surface area contributed by atoms with E-state index in [9.17, 15) is 0 Å². The third-order valence-electron chi connectivity index (χ3n) is 14.2. The first-order valence-corrected chi connectivity index (χ1v) is 24.7. The van der Waals surface area contributed by atoms with Gasteiger partial charge in [-0.25, -0.2) is 0 Å². The van der Waals surface area contributed by atoms with Gasteiger partial charge in [-0.15, -0.1) is 0 Å². The number of para-hydroxylation sites is 2. The van der Waals surface area contributed by atoms with Gasteiger partial charge in [-0.1, -0.05) is 243 Å². The van der Waals surface area contributed by atoms with Crippen LogP contribution in [-0.4, -0.2) is 4.57 Å². The van der Waals surface area contributed by atoms with E-state index >= 15 is 0 Å². The maximum absolute atomic E-state index is 2.52. The topological polar surface area (TPSA) is 8.17 Å². The molecule has 0 atom stereocenters. The Labute approximate surface area is 420 Å². The molecule has 1 aromatic heterocycles. The Kier molecular flexibility index (Phi) is 10.9. The smallest absolute Gasteiger partial charge is 0.0620 e. The molecule has 0 bridgehead atoms. The average molecular weight is 917 g/mol. The summed E-state index contributed by atoms with van der Waals surface area (Å²) in [6.45, 7) is 0. The van der Waals surface area contributed by atoms with Gasteiger partial charge in [-0.05, 0) is 115 Å². The van der Waals surface area contributed by atoms with Crippen LogP contribution >= 0.6 is 0 Å². The first kappa shape index (κ1) is 42.6. The van der Waals surface area contributed by atoms with Gasteiger partial charge in [0.05, 0.1) is 16.7 Å². The first-order chi connectivity index (χ1) is 35.7. The van der Waals surface area contributed by atoms with Gasteiger partial charge >= 0.3 is 0 Å². The van der Waals surface area contributed by atoms with Crippen LogP contribution in [-0.2, 0) is 0 Å². The van der Waals surface area contributed by atoms with Gasteiger partial charge < -0.3 is 9.47 Å². The highest BCUT2D eigenvalue weighted by Gasteiger charge is 2.22. The van der Waals surface area contributed by atoms with Gasteiger partial charge in [0.25, 0.3) is 0 Å². The van der Waals surface area contributed by atoms with Gasteiger partial charge in [0.1, 0.15) is 0 Å². The fraction of sp³-hybridized carbons (Fsp3) is 0. The summed E-state index contributed by atoms with van der Waals surface area (Å²) in [5.74, 6) is 0. The summed E-state index contributed by atoms with van der Waals surface area (Å²) in [6.07, 6.45) is 0. The third kappa shape index (κ3) is 7.73. The van der Waals surface area contributed by atoms with E-state index in [1.807, 2.05) is 0 Å². The normalized spacial score (nSPS) is 11.3. The Morgan fingerprint density at radius 1 is 0.236 bits per heavy atom. The van der Waals surface area contributed by atoms with E-state index < -0.39 is 0 Å². The summed E-state index contributed by atoms with van der Waals surface area (Å²) < 4.78 is 2.52. The van der Waals surface area contributed by atoms with Gasteiger partial charge in [-0.2, -0.15) is 0 Å². The first-order valence-electron chi connectivity index (χ1n) is 24.7. The molecular weight excluding hydrogens is 869 g/mol. The van der Waals surface area contributed by atoms with Gasteiger partial charge in [0, 0.05) is 39.0 Å². The Morgan fingerprint density at radius 3 is 1.21 bits per heavy atom. The van der Waals surface area contributed by atoms with Crippen LogP contribution < -0.4 is 4.90 Å². The third-order valence-corrected chi connectivity index (χ3v) is 14.2. The van der Waals surface area contributed by atoms with E-state index in [-0.39, 0.29) is 0 Å². The molecule has 13 rings (SSSR count). The number of fused-ring (bicyclic) bond motifs is 4. The van der Waals surface area contributed by atoms with Crippen molar-refractivity contribution in [2.75, 3.05) is 4.90 Å². The molecule has 0 fully saturated rings. The molecule has 0 N–H and O–H groups in total. The van der Waals surface area contributed by atoms with Gasteiger partial charge in [0.2, 0.25) is 0 Å². The summed E-state index contributed by atoms with van der Waals surface area (Å²) >= 11 is 0. The van der Waals surface area contributed by atoms with Crippen molar-refractivity contribution in [3.05, 3.63) is 291 Å². The van der Waals surface area contributed by atoms with E-state index in [0.29, 0.717) is 0 Å². The number of anilines is 3. The molecule has 0 aliphatic rings.